The number of primary amides is 1. The third-order valence-corrected chi connectivity index (χ3v) is 6.19. The van der Waals surface area contributed by atoms with E-state index >= 15 is 0 Å². The Kier molecular flexibility index (Phi) is 6.16. The van der Waals surface area contributed by atoms with Gasteiger partial charge in [-0.2, -0.15) is 0 Å². The Morgan fingerprint density at radius 3 is 2.94 bits per heavy atom. The van der Waals surface area contributed by atoms with Crippen LogP contribution in [0, 0.1) is 0 Å². The van der Waals surface area contributed by atoms with Gasteiger partial charge in [0.15, 0.2) is 17.0 Å². The number of carbonyl (C=O) groups excluding carboxylic acids is 1. The van der Waals surface area contributed by atoms with Gasteiger partial charge in [-0.3, -0.25) is 4.79 Å². The van der Waals surface area contributed by atoms with Crippen LogP contribution in [-0.2, 0) is 11.3 Å². The first-order valence-electron chi connectivity index (χ1n) is 11.6. The molecule has 0 radical (unpaired) electrons. The highest BCUT2D eigenvalue weighted by Crippen LogP contribution is 2.32. The third-order valence-electron chi connectivity index (χ3n) is 6.19. The summed E-state index contributed by atoms with van der Waals surface area (Å²) in [4.78, 5) is 27.0. The molecule has 0 spiro atoms. The summed E-state index contributed by atoms with van der Waals surface area (Å²) in [5, 5.41) is 2.15. The molecule has 9 nitrogen and oxygen atoms in total. The first kappa shape index (κ1) is 21.9. The molecule has 1 saturated heterocycles. The summed E-state index contributed by atoms with van der Waals surface area (Å²) in [5.41, 5.74) is 6.74. The number of rotatable bonds is 9. The van der Waals surface area contributed by atoms with Crippen LogP contribution in [0.15, 0.2) is 49.1 Å². The Morgan fingerprint density at radius 2 is 2.09 bits per heavy atom. The summed E-state index contributed by atoms with van der Waals surface area (Å²) in [6.45, 7) is 4.45. The first-order chi connectivity index (χ1) is 16.6. The fraction of sp³-hybridized carbons (Fsp3) is 0.360. The molecule has 2 aromatic heterocycles. The fourth-order valence-corrected chi connectivity index (χ4v) is 4.55. The lowest BCUT2D eigenvalue weighted by molar-refractivity contribution is -0.118. The summed E-state index contributed by atoms with van der Waals surface area (Å²) in [6.07, 6.45) is 5.53. The first-order valence-corrected chi connectivity index (χ1v) is 11.6. The number of hydrogen-bond donors (Lipinski definition) is 1. The zero-order valence-corrected chi connectivity index (χ0v) is 19.2. The van der Waals surface area contributed by atoms with Gasteiger partial charge in [0.2, 0.25) is 5.91 Å². The van der Waals surface area contributed by atoms with Crippen LogP contribution in [0.1, 0.15) is 26.2 Å². The molecular weight excluding hydrogens is 432 g/mol. The number of amides is 1. The van der Waals surface area contributed by atoms with Gasteiger partial charge < -0.3 is 24.7 Å². The second kappa shape index (κ2) is 9.54. The standard InChI is InChI=1S/C25H28N6O3/c1-2-33-19-9-8-17-5-3-7-21(20(17)13-19)34-14-18-6-4-11-31(18)25-23-24(27-15-28-25)30(16-29-23)12-10-22(26)32/h3,5,7-9,13,15-16,18H,2,4,6,10-12,14H2,1H3,(H2,26,32)/t18-/m1/s1. The third kappa shape index (κ3) is 4.33. The largest absolute Gasteiger partial charge is 0.494 e. The predicted molar refractivity (Wildman–Crippen MR) is 130 cm³/mol. The molecule has 1 fully saturated rings. The highest BCUT2D eigenvalue weighted by atomic mass is 16.5. The molecule has 0 bridgehead atoms. The number of anilines is 1. The zero-order valence-electron chi connectivity index (χ0n) is 19.2. The predicted octanol–water partition coefficient (Wildman–Crippen LogP) is 3.30. The van der Waals surface area contributed by atoms with Crippen molar-refractivity contribution in [2.45, 2.75) is 38.8 Å². The molecule has 2 N–H and O–H groups in total. The number of benzene rings is 2. The number of hydrogen-bond acceptors (Lipinski definition) is 7. The van der Waals surface area contributed by atoms with E-state index in [1.165, 1.54) is 0 Å². The smallest absolute Gasteiger partial charge is 0.219 e. The summed E-state index contributed by atoms with van der Waals surface area (Å²) in [5.74, 6) is 2.12. The van der Waals surface area contributed by atoms with Crippen molar-refractivity contribution in [1.82, 2.24) is 19.5 Å². The minimum Gasteiger partial charge on any atom is -0.494 e. The topological polar surface area (TPSA) is 108 Å². The van der Waals surface area contributed by atoms with Gasteiger partial charge in [-0.25, -0.2) is 15.0 Å². The minimum atomic E-state index is -0.352. The second-order valence-electron chi connectivity index (χ2n) is 8.40. The number of aryl methyl sites for hydroxylation is 1. The number of nitrogens with zero attached hydrogens (tertiary/aromatic N) is 5. The zero-order chi connectivity index (χ0) is 23.5. The SMILES string of the molecule is CCOc1ccc2cccc(OC[C@H]3CCCN3c3ncnc4c3ncn4CCC(N)=O)c2c1. The quantitative estimate of drug-likeness (QED) is 0.408. The van der Waals surface area contributed by atoms with Gasteiger partial charge in [0.25, 0.3) is 0 Å². The Labute approximate surface area is 197 Å². The molecule has 9 heteroatoms. The lowest BCUT2D eigenvalue weighted by atomic mass is 10.1. The van der Waals surface area contributed by atoms with Gasteiger partial charge in [0.1, 0.15) is 24.4 Å². The highest BCUT2D eigenvalue weighted by molar-refractivity contribution is 5.89. The average Bonchev–Trinajstić information content (AvgIpc) is 3.48. The lowest BCUT2D eigenvalue weighted by Crippen LogP contribution is -2.35. The number of aromatic nitrogens is 4. The molecule has 1 amide bonds. The van der Waals surface area contributed by atoms with E-state index in [1.54, 1.807) is 12.7 Å². The van der Waals surface area contributed by atoms with Crippen LogP contribution in [0.3, 0.4) is 0 Å². The maximum atomic E-state index is 11.2. The van der Waals surface area contributed by atoms with Crippen molar-refractivity contribution in [3.8, 4) is 11.5 Å². The average molecular weight is 461 g/mol. The van der Waals surface area contributed by atoms with E-state index in [-0.39, 0.29) is 18.4 Å². The van der Waals surface area contributed by atoms with E-state index in [9.17, 15) is 4.79 Å². The lowest BCUT2D eigenvalue weighted by Gasteiger charge is -2.26. The van der Waals surface area contributed by atoms with Crippen molar-refractivity contribution >= 4 is 33.7 Å². The summed E-state index contributed by atoms with van der Waals surface area (Å²) in [6, 6.07) is 12.3. The molecule has 0 aliphatic carbocycles. The number of fused-ring (bicyclic) bond motifs is 2. The maximum Gasteiger partial charge on any atom is 0.219 e. The van der Waals surface area contributed by atoms with Gasteiger partial charge in [0.05, 0.1) is 19.0 Å². The van der Waals surface area contributed by atoms with Crippen LogP contribution in [0.2, 0.25) is 0 Å². The van der Waals surface area contributed by atoms with Crippen molar-refractivity contribution in [3.63, 3.8) is 0 Å². The monoisotopic (exact) mass is 460 g/mol. The normalized spacial score (nSPS) is 15.8. The van der Waals surface area contributed by atoms with E-state index in [1.807, 2.05) is 35.8 Å². The Bertz CT molecular complexity index is 1320. The molecule has 5 rings (SSSR count). The summed E-state index contributed by atoms with van der Waals surface area (Å²) in [7, 11) is 0. The number of imidazole rings is 1. The molecule has 176 valence electrons. The molecule has 1 aliphatic heterocycles. The molecule has 0 saturated carbocycles. The van der Waals surface area contributed by atoms with Gasteiger partial charge >= 0.3 is 0 Å². The van der Waals surface area contributed by atoms with Gasteiger partial charge in [-0.05, 0) is 43.4 Å². The van der Waals surface area contributed by atoms with Crippen molar-refractivity contribution < 1.29 is 14.3 Å². The van der Waals surface area contributed by atoms with E-state index in [4.69, 9.17) is 15.2 Å². The van der Waals surface area contributed by atoms with Crippen molar-refractivity contribution in [3.05, 3.63) is 49.1 Å². The highest BCUT2D eigenvalue weighted by Gasteiger charge is 2.29. The van der Waals surface area contributed by atoms with Crippen LogP contribution in [0.4, 0.5) is 5.82 Å². The van der Waals surface area contributed by atoms with Gasteiger partial charge in [-0.15, -0.1) is 0 Å². The van der Waals surface area contributed by atoms with E-state index in [2.05, 4.69) is 32.0 Å². The van der Waals surface area contributed by atoms with Crippen molar-refractivity contribution in [1.29, 1.82) is 0 Å². The van der Waals surface area contributed by atoms with E-state index in [0.29, 0.717) is 25.4 Å². The van der Waals surface area contributed by atoms with Crippen LogP contribution in [-0.4, -0.2) is 51.2 Å². The molecule has 34 heavy (non-hydrogen) atoms. The van der Waals surface area contributed by atoms with Crippen LogP contribution in [0.5, 0.6) is 11.5 Å². The molecular formula is C25H28N6O3. The minimum absolute atomic E-state index is 0.166. The second-order valence-corrected chi connectivity index (χ2v) is 8.40. The van der Waals surface area contributed by atoms with Crippen LogP contribution >= 0.6 is 0 Å². The molecule has 1 atom stereocenters. The maximum absolute atomic E-state index is 11.2. The molecule has 2 aromatic carbocycles. The fourth-order valence-electron chi connectivity index (χ4n) is 4.55. The molecule has 0 unspecified atom stereocenters. The van der Waals surface area contributed by atoms with Crippen LogP contribution < -0.4 is 20.1 Å². The Balaban J connectivity index is 1.37. The number of nitrogens with two attached hydrogens (primary N) is 1. The Hall–Kier alpha value is -3.88. The summed E-state index contributed by atoms with van der Waals surface area (Å²) < 4.78 is 13.9. The number of ether oxygens (including phenoxy) is 2. The van der Waals surface area contributed by atoms with E-state index < -0.39 is 0 Å². The van der Waals surface area contributed by atoms with Gasteiger partial charge in [-0.1, -0.05) is 18.2 Å². The molecule has 3 heterocycles. The molecule has 1 aliphatic rings. The van der Waals surface area contributed by atoms with Crippen molar-refractivity contribution in [2.24, 2.45) is 5.73 Å². The van der Waals surface area contributed by atoms with Crippen molar-refractivity contribution in [2.75, 3.05) is 24.7 Å². The van der Waals surface area contributed by atoms with Gasteiger partial charge in [0, 0.05) is 24.9 Å². The van der Waals surface area contributed by atoms with E-state index in [0.717, 1.165) is 53.0 Å². The molecule has 4 aromatic rings. The van der Waals surface area contributed by atoms with Crippen LogP contribution in [0.25, 0.3) is 21.9 Å². The number of carbonyl (C=O) groups is 1. The summed E-state index contributed by atoms with van der Waals surface area (Å²) >= 11 is 0. The Morgan fingerprint density at radius 1 is 1.18 bits per heavy atom.